The second-order valence-corrected chi connectivity index (χ2v) is 7.83. The average molecular weight is 384 g/mol. The first-order chi connectivity index (χ1) is 13.0. The number of pyridine rings is 1. The van der Waals surface area contributed by atoms with Crippen LogP contribution in [0.2, 0.25) is 0 Å². The Bertz CT molecular complexity index is 837. The zero-order valence-electron chi connectivity index (χ0n) is 15.7. The van der Waals surface area contributed by atoms with Gasteiger partial charge in [0.15, 0.2) is 5.17 Å². The van der Waals surface area contributed by atoms with E-state index in [1.165, 1.54) is 0 Å². The zero-order chi connectivity index (χ0) is 19.3. The van der Waals surface area contributed by atoms with Crippen LogP contribution in [0, 0.1) is 0 Å². The molecule has 1 amide bonds. The van der Waals surface area contributed by atoms with Crippen molar-refractivity contribution in [2.45, 2.75) is 32.2 Å². The predicted molar refractivity (Wildman–Crippen MR) is 113 cm³/mol. The number of hydrogen-bond donors (Lipinski definition) is 3. The Hall–Kier alpha value is -2.54. The number of nitrogens with one attached hydrogen (secondary N) is 2. The molecule has 1 unspecified atom stereocenters. The topological polar surface area (TPSA) is 92.4 Å². The number of anilines is 2. The summed E-state index contributed by atoms with van der Waals surface area (Å²) in [6, 6.07) is 11.4. The van der Waals surface area contributed by atoms with E-state index in [1.807, 2.05) is 30.3 Å². The number of rotatable bonds is 6. The summed E-state index contributed by atoms with van der Waals surface area (Å²) in [4.78, 5) is 21.4. The van der Waals surface area contributed by atoms with Crippen LogP contribution in [0.3, 0.4) is 0 Å². The van der Waals surface area contributed by atoms with Crippen LogP contribution in [0.4, 0.5) is 11.4 Å². The highest BCUT2D eigenvalue weighted by molar-refractivity contribution is 8.13. The summed E-state index contributed by atoms with van der Waals surface area (Å²) in [6.45, 7) is 5.05. The number of benzene rings is 1. The fourth-order valence-corrected chi connectivity index (χ4v) is 3.90. The highest BCUT2D eigenvalue weighted by atomic mass is 32.2. The number of amides is 1. The minimum atomic E-state index is -0.360. The summed E-state index contributed by atoms with van der Waals surface area (Å²) in [5, 5.41) is 6.78. The molecule has 0 bridgehead atoms. The highest BCUT2D eigenvalue weighted by Crippen LogP contribution is 2.35. The van der Waals surface area contributed by atoms with Gasteiger partial charge in [-0.15, -0.1) is 0 Å². The van der Waals surface area contributed by atoms with Crippen LogP contribution in [0.25, 0.3) is 0 Å². The molecular weight excluding hydrogens is 358 g/mol. The molecule has 1 atom stereocenters. The molecule has 0 saturated heterocycles. The summed E-state index contributed by atoms with van der Waals surface area (Å²) in [6.07, 6.45) is 3.62. The first-order valence-electron chi connectivity index (χ1n) is 9.10. The van der Waals surface area contributed by atoms with E-state index in [9.17, 15) is 4.79 Å². The summed E-state index contributed by atoms with van der Waals surface area (Å²) in [5.74, 6) is 0.701. The van der Waals surface area contributed by atoms with Crippen LogP contribution in [0.1, 0.15) is 42.7 Å². The standard InChI is InChI=1S/C20H25N5OS/c1-3-10-22-16-7-8-17(23-13-16)18(26)24-15-6-4-5-14(12-15)20(2)9-11-27-19(21)25-20/h4-8,12-13,22H,3,9-11H2,1-2H3,(H2,21,25)(H,24,26). The lowest BCUT2D eigenvalue weighted by molar-refractivity contribution is 0.102. The smallest absolute Gasteiger partial charge is 0.274 e. The van der Waals surface area contributed by atoms with Gasteiger partial charge in [0.05, 0.1) is 17.4 Å². The Morgan fingerprint density at radius 1 is 1.30 bits per heavy atom. The van der Waals surface area contributed by atoms with E-state index in [0.29, 0.717) is 10.9 Å². The Balaban J connectivity index is 1.72. The third-order valence-electron chi connectivity index (χ3n) is 4.51. The number of aliphatic imine (C=N–C) groups is 1. The molecule has 1 aromatic carbocycles. The largest absolute Gasteiger partial charge is 0.384 e. The number of amidine groups is 1. The van der Waals surface area contributed by atoms with Crippen LogP contribution in [0.5, 0.6) is 0 Å². The van der Waals surface area contributed by atoms with Crippen molar-refractivity contribution in [1.82, 2.24) is 4.98 Å². The minimum Gasteiger partial charge on any atom is -0.384 e. The SMILES string of the molecule is CCCNc1ccc(C(=O)Nc2cccc(C3(C)CCSC(N)=N3)c2)nc1. The highest BCUT2D eigenvalue weighted by Gasteiger charge is 2.29. The second-order valence-electron chi connectivity index (χ2n) is 6.72. The minimum absolute atomic E-state index is 0.235. The van der Waals surface area contributed by atoms with Crippen LogP contribution >= 0.6 is 11.8 Å². The summed E-state index contributed by atoms with van der Waals surface area (Å²) in [7, 11) is 0. The van der Waals surface area contributed by atoms with Gasteiger partial charge < -0.3 is 16.4 Å². The van der Waals surface area contributed by atoms with E-state index in [1.54, 1.807) is 24.0 Å². The van der Waals surface area contributed by atoms with E-state index in [2.05, 4.69) is 34.5 Å². The van der Waals surface area contributed by atoms with Crippen LogP contribution in [-0.2, 0) is 5.54 Å². The maximum atomic E-state index is 12.5. The average Bonchev–Trinajstić information content (AvgIpc) is 2.67. The van der Waals surface area contributed by atoms with Gasteiger partial charge in [-0.1, -0.05) is 30.8 Å². The maximum Gasteiger partial charge on any atom is 0.274 e. The fraction of sp³-hybridized carbons (Fsp3) is 0.350. The van der Waals surface area contributed by atoms with E-state index < -0.39 is 0 Å². The number of hydrogen-bond acceptors (Lipinski definition) is 6. The van der Waals surface area contributed by atoms with Gasteiger partial charge in [0.2, 0.25) is 0 Å². The number of carbonyl (C=O) groups excluding carboxylic acids is 1. The van der Waals surface area contributed by atoms with Gasteiger partial charge in [0.1, 0.15) is 5.69 Å². The molecule has 2 aromatic rings. The molecule has 0 fully saturated rings. The molecule has 4 N–H and O–H groups in total. The molecule has 0 radical (unpaired) electrons. The molecule has 0 aliphatic carbocycles. The Morgan fingerprint density at radius 2 is 2.15 bits per heavy atom. The van der Waals surface area contributed by atoms with Crippen molar-refractivity contribution in [2.24, 2.45) is 10.7 Å². The van der Waals surface area contributed by atoms with Gasteiger partial charge in [0.25, 0.3) is 5.91 Å². The number of aromatic nitrogens is 1. The molecule has 3 rings (SSSR count). The third kappa shape index (κ3) is 4.80. The van der Waals surface area contributed by atoms with Gasteiger partial charge in [-0.3, -0.25) is 9.79 Å². The molecule has 2 heterocycles. The summed E-state index contributed by atoms with van der Waals surface area (Å²) < 4.78 is 0. The van der Waals surface area contributed by atoms with Crippen LogP contribution in [-0.4, -0.2) is 28.4 Å². The monoisotopic (exact) mass is 383 g/mol. The molecule has 27 heavy (non-hydrogen) atoms. The van der Waals surface area contributed by atoms with Crippen molar-refractivity contribution >= 4 is 34.2 Å². The van der Waals surface area contributed by atoms with Crippen molar-refractivity contribution in [1.29, 1.82) is 0 Å². The Morgan fingerprint density at radius 3 is 2.85 bits per heavy atom. The zero-order valence-corrected chi connectivity index (χ0v) is 16.5. The van der Waals surface area contributed by atoms with Gasteiger partial charge >= 0.3 is 0 Å². The third-order valence-corrected chi connectivity index (χ3v) is 5.31. The first kappa shape index (κ1) is 19.2. The van der Waals surface area contributed by atoms with Crippen molar-refractivity contribution in [3.63, 3.8) is 0 Å². The normalized spacial score (nSPS) is 19.3. The van der Waals surface area contributed by atoms with E-state index in [0.717, 1.165) is 42.1 Å². The molecule has 7 heteroatoms. The molecule has 0 spiro atoms. The Kier molecular flexibility index (Phi) is 6.01. The quantitative estimate of drug-likeness (QED) is 0.705. The maximum absolute atomic E-state index is 12.5. The number of nitrogens with zero attached hydrogens (tertiary/aromatic N) is 2. The van der Waals surface area contributed by atoms with Crippen LogP contribution < -0.4 is 16.4 Å². The molecule has 1 aliphatic rings. The van der Waals surface area contributed by atoms with Crippen molar-refractivity contribution in [3.8, 4) is 0 Å². The molecule has 6 nitrogen and oxygen atoms in total. The van der Waals surface area contributed by atoms with Crippen molar-refractivity contribution in [3.05, 3.63) is 53.9 Å². The van der Waals surface area contributed by atoms with Crippen molar-refractivity contribution < 1.29 is 4.79 Å². The number of carbonyl (C=O) groups is 1. The number of thioether (sulfide) groups is 1. The molecule has 0 saturated carbocycles. The van der Waals surface area contributed by atoms with E-state index in [4.69, 9.17) is 5.73 Å². The van der Waals surface area contributed by atoms with Gasteiger partial charge in [-0.25, -0.2) is 4.98 Å². The van der Waals surface area contributed by atoms with Gasteiger partial charge in [0, 0.05) is 18.0 Å². The lowest BCUT2D eigenvalue weighted by Crippen LogP contribution is -2.28. The predicted octanol–water partition coefficient (Wildman–Crippen LogP) is 3.82. The lowest BCUT2D eigenvalue weighted by atomic mass is 9.89. The van der Waals surface area contributed by atoms with Gasteiger partial charge in [-0.2, -0.15) is 0 Å². The molecular formula is C20H25N5OS. The Labute approximate surface area is 164 Å². The molecule has 142 valence electrons. The van der Waals surface area contributed by atoms with Gasteiger partial charge in [-0.05, 0) is 49.6 Å². The van der Waals surface area contributed by atoms with Crippen LogP contribution in [0.15, 0.2) is 47.6 Å². The fourth-order valence-electron chi connectivity index (χ4n) is 2.92. The first-order valence-corrected chi connectivity index (χ1v) is 10.1. The number of nitrogens with two attached hydrogens (primary N) is 1. The van der Waals surface area contributed by atoms with E-state index >= 15 is 0 Å². The molecule has 1 aromatic heterocycles. The second kappa shape index (κ2) is 8.43. The summed E-state index contributed by atoms with van der Waals surface area (Å²) in [5.41, 5.74) is 8.61. The summed E-state index contributed by atoms with van der Waals surface area (Å²) >= 11 is 1.58. The lowest BCUT2D eigenvalue weighted by Gasteiger charge is -2.30. The van der Waals surface area contributed by atoms with Crippen molar-refractivity contribution in [2.75, 3.05) is 22.9 Å². The molecule has 1 aliphatic heterocycles. The van der Waals surface area contributed by atoms with E-state index in [-0.39, 0.29) is 11.4 Å².